The Labute approximate surface area is 134 Å². The third kappa shape index (κ3) is 9.85. The Kier molecular flexibility index (Phi) is 12.7. The predicted octanol–water partition coefficient (Wildman–Crippen LogP) is 3.69. The molecular formula is C17H34O3Si. The van der Waals surface area contributed by atoms with E-state index in [-0.39, 0.29) is 11.6 Å². The molecule has 0 amide bonds. The second kappa shape index (κ2) is 13.1. The standard InChI is InChI=1S/C17H34O3Si/c1-4-16(18)19-15-13-11-9-7-8-10-12-14-17(5-2,6-3)20-21/h4H,1,5-15H2,2-3,21H3. The summed E-state index contributed by atoms with van der Waals surface area (Å²) in [4.78, 5) is 10.8. The van der Waals surface area contributed by atoms with Crippen LogP contribution in [0.1, 0.15) is 78.1 Å². The van der Waals surface area contributed by atoms with Crippen LogP contribution >= 0.6 is 0 Å². The smallest absolute Gasteiger partial charge is 0.330 e. The first-order valence-electron chi connectivity index (χ1n) is 8.48. The number of hydrogen-bond acceptors (Lipinski definition) is 3. The number of ether oxygens (including phenoxy) is 1. The van der Waals surface area contributed by atoms with Crippen LogP contribution in [0.15, 0.2) is 12.7 Å². The van der Waals surface area contributed by atoms with Gasteiger partial charge in [0.15, 0.2) is 0 Å². The van der Waals surface area contributed by atoms with Crippen molar-refractivity contribution in [3.63, 3.8) is 0 Å². The summed E-state index contributed by atoms with van der Waals surface area (Å²) >= 11 is 0. The van der Waals surface area contributed by atoms with Crippen LogP contribution in [0, 0.1) is 0 Å². The van der Waals surface area contributed by atoms with Crippen LogP contribution in [0.2, 0.25) is 0 Å². The average molecular weight is 315 g/mol. The van der Waals surface area contributed by atoms with Gasteiger partial charge in [0.2, 0.25) is 0 Å². The lowest BCUT2D eigenvalue weighted by molar-refractivity contribution is -0.137. The molecule has 0 radical (unpaired) electrons. The van der Waals surface area contributed by atoms with Gasteiger partial charge in [0.1, 0.15) is 10.5 Å². The summed E-state index contributed by atoms with van der Waals surface area (Å²) in [5.74, 6) is -0.313. The Hall–Kier alpha value is -0.613. The van der Waals surface area contributed by atoms with Gasteiger partial charge >= 0.3 is 5.97 Å². The molecule has 0 rings (SSSR count). The molecule has 0 saturated carbocycles. The van der Waals surface area contributed by atoms with Gasteiger partial charge in [0, 0.05) is 6.08 Å². The quantitative estimate of drug-likeness (QED) is 0.212. The molecule has 4 heteroatoms. The zero-order chi connectivity index (χ0) is 16.0. The highest BCUT2D eigenvalue weighted by Gasteiger charge is 2.23. The minimum atomic E-state index is -0.313. The van der Waals surface area contributed by atoms with E-state index in [0.717, 1.165) is 36.2 Å². The van der Waals surface area contributed by atoms with E-state index in [4.69, 9.17) is 9.16 Å². The molecule has 0 aromatic heterocycles. The van der Waals surface area contributed by atoms with E-state index in [9.17, 15) is 4.79 Å². The maximum Gasteiger partial charge on any atom is 0.330 e. The minimum Gasteiger partial charge on any atom is -0.463 e. The van der Waals surface area contributed by atoms with Crippen molar-refractivity contribution in [3.8, 4) is 0 Å². The lowest BCUT2D eigenvalue weighted by Gasteiger charge is -2.31. The number of hydrogen-bond donors (Lipinski definition) is 0. The Morgan fingerprint density at radius 1 is 1.05 bits per heavy atom. The zero-order valence-electron chi connectivity index (χ0n) is 14.3. The molecule has 124 valence electrons. The van der Waals surface area contributed by atoms with Crippen molar-refractivity contribution < 1.29 is 14.0 Å². The van der Waals surface area contributed by atoms with E-state index < -0.39 is 0 Å². The van der Waals surface area contributed by atoms with E-state index in [1.54, 1.807) is 0 Å². The molecule has 0 aliphatic carbocycles. The first-order chi connectivity index (χ1) is 10.1. The summed E-state index contributed by atoms with van der Waals surface area (Å²) in [6.45, 7) is 8.37. The molecular weight excluding hydrogens is 280 g/mol. The minimum absolute atomic E-state index is 0.168. The fourth-order valence-electron chi connectivity index (χ4n) is 2.66. The van der Waals surface area contributed by atoms with Crippen molar-refractivity contribution in [2.45, 2.75) is 83.7 Å². The maximum atomic E-state index is 10.8. The van der Waals surface area contributed by atoms with Crippen LogP contribution in [0.5, 0.6) is 0 Å². The molecule has 0 atom stereocenters. The van der Waals surface area contributed by atoms with Gasteiger partial charge in [-0.25, -0.2) is 4.79 Å². The third-order valence-electron chi connectivity index (χ3n) is 4.41. The fraction of sp³-hybridized carbons (Fsp3) is 0.824. The van der Waals surface area contributed by atoms with Gasteiger partial charge in [0.25, 0.3) is 0 Å². The maximum absolute atomic E-state index is 10.8. The highest BCUT2D eigenvalue weighted by molar-refractivity contribution is 5.98. The predicted molar refractivity (Wildman–Crippen MR) is 92.4 cm³/mol. The number of carbonyl (C=O) groups is 1. The molecule has 0 unspecified atom stereocenters. The number of unbranched alkanes of at least 4 members (excludes halogenated alkanes) is 6. The molecule has 0 N–H and O–H groups in total. The van der Waals surface area contributed by atoms with E-state index in [0.29, 0.717) is 6.61 Å². The van der Waals surface area contributed by atoms with Gasteiger partial charge in [-0.2, -0.15) is 0 Å². The molecule has 0 aliphatic heterocycles. The number of esters is 1. The van der Waals surface area contributed by atoms with Crippen molar-refractivity contribution in [2.24, 2.45) is 0 Å². The summed E-state index contributed by atoms with van der Waals surface area (Å²) in [5, 5.41) is 0. The largest absolute Gasteiger partial charge is 0.463 e. The van der Waals surface area contributed by atoms with Crippen molar-refractivity contribution in [1.29, 1.82) is 0 Å². The van der Waals surface area contributed by atoms with Crippen molar-refractivity contribution in [1.82, 2.24) is 0 Å². The molecule has 0 heterocycles. The van der Waals surface area contributed by atoms with Crippen molar-refractivity contribution in [2.75, 3.05) is 6.61 Å². The van der Waals surface area contributed by atoms with Crippen molar-refractivity contribution >= 4 is 16.5 Å². The first kappa shape index (κ1) is 20.4. The SMILES string of the molecule is C=CC(=O)OCCCCCCCCCC(CC)(CC)O[SiH3]. The lowest BCUT2D eigenvalue weighted by atomic mass is 9.90. The van der Waals surface area contributed by atoms with Crippen LogP contribution in [-0.2, 0) is 14.0 Å². The molecule has 3 nitrogen and oxygen atoms in total. The Balaban J connectivity index is 3.40. The number of carbonyl (C=O) groups excluding carboxylic acids is 1. The van der Waals surface area contributed by atoms with E-state index in [1.807, 2.05) is 0 Å². The normalized spacial score (nSPS) is 11.5. The molecule has 0 fully saturated rings. The summed E-state index contributed by atoms with van der Waals surface area (Å²) in [6.07, 6.45) is 13.2. The van der Waals surface area contributed by atoms with Gasteiger partial charge in [-0.1, -0.05) is 59.0 Å². The first-order valence-corrected chi connectivity index (χ1v) is 9.30. The zero-order valence-corrected chi connectivity index (χ0v) is 16.3. The molecule has 0 bridgehead atoms. The van der Waals surface area contributed by atoms with Gasteiger partial charge in [-0.15, -0.1) is 0 Å². The fourth-order valence-corrected chi connectivity index (χ4v) is 3.44. The van der Waals surface area contributed by atoms with Crippen LogP contribution in [0.25, 0.3) is 0 Å². The molecule has 0 saturated heterocycles. The summed E-state index contributed by atoms with van der Waals surface area (Å²) in [6, 6.07) is 0. The Morgan fingerprint density at radius 2 is 1.57 bits per heavy atom. The molecule has 0 aromatic rings. The van der Waals surface area contributed by atoms with Crippen LogP contribution in [0.3, 0.4) is 0 Å². The van der Waals surface area contributed by atoms with E-state index in [1.165, 1.54) is 44.6 Å². The van der Waals surface area contributed by atoms with Crippen LogP contribution < -0.4 is 0 Å². The topological polar surface area (TPSA) is 35.5 Å². The highest BCUT2D eigenvalue weighted by Crippen LogP contribution is 2.26. The highest BCUT2D eigenvalue weighted by atomic mass is 28.2. The lowest BCUT2D eigenvalue weighted by Crippen LogP contribution is -2.30. The van der Waals surface area contributed by atoms with E-state index in [2.05, 4.69) is 20.4 Å². The Morgan fingerprint density at radius 3 is 2.05 bits per heavy atom. The van der Waals surface area contributed by atoms with E-state index >= 15 is 0 Å². The third-order valence-corrected chi connectivity index (χ3v) is 5.28. The van der Waals surface area contributed by atoms with Crippen LogP contribution in [0.4, 0.5) is 0 Å². The molecule has 0 aromatic carbocycles. The molecule has 21 heavy (non-hydrogen) atoms. The Bertz CT molecular complexity index is 267. The van der Waals surface area contributed by atoms with Gasteiger partial charge in [0.05, 0.1) is 12.2 Å². The van der Waals surface area contributed by atoms with Gasteiger partial charge < -0.3 is 9.16 Å². The van der Waals surface area contributed by atoms with Gasteiger partial charge in [-0.05, 0) is 25.7 Å². The monoisotopic (exact) mass is 314 g/mol. The second-order valence-electron chi connectivity index (χ2n) is 5.69. The average Bonchev–Trinajstić information content (AvgIpc) is 2.53. The van der Waals surface area contributed by atoms with Gasteiger partial charge in [-0.3, -0.25) is 0 Å². The second-order valence-corrected chi connectivity index (χ2v) is 6.10. The van der Waals surface area contributed by atoms with Crippen molar-refractivity contribution in [3.05, 3.63) is 12.7 Å². The summed E-state index contributed by atoms with van der Waals surface area (Å²) in [5.41, 5.74) is 0.168. The number of rotatable bonds is 14. The summed E-state index contributed by atoms with van der Waals surface area (Å²) in [7, 11) is 0.843. The summed E-state index contributed by atoms with van der Waals surface area (Å²) < 4.78 is 10.8. The van der Waals surface area contributed by atoms with Crippen LogP contribution in [-0.4, -0.2) is 28.7 Å². The molecule has 0 aliphatic rings. The molecule has 0 spiro atoms.